The van der Waals surface area contributed by atoms with Crippen LogP contribution in [0.1, 0.15) is 21.5 Å². The zero-order valence-corrected chi connectivity index (χ0v) is 20.6. The van der Waals surface area contributed by atoms with E-state index < -0.39 is 12.0 Å². The van der Waals surface area contributed by atoms with Gasteiger partial charge in [0.05, 0.1) is 23.8 Å². The first-order valence-corrected chi connectivity index (χ1v) is 11.1. The lowest BCUT2D eigenvalue weighted by atomic mass is 10.0. The predicted octanol–water partition coefficient (Wildman–Crippen LogP) is 0.841. The van der Waals surface area contributed by atoms with Crippen molar-refractivity contribution in [2.45, 2.75) is 13.0 Å². The molecule has 35 heavy (non-hydrogen) atoms. The number of aliphatic hydroxyl groups excluding tert-OH is 1. The van der Waals surface area contributed by atoms with Gasteiger partial charge in [0.2, 0.25) is 0 Å². The molecule has 1 unspecified atom stereocenters. The van der Waals surface area contributed by atoms with Gasteiger partial charge in [0.15, 0.2) is 0 Å². The molecule has 1 amide bonds. The van der Waals surface area contributed by atoms with Gasteiger partial charge in [0, 0.05) is 31.4 Å². The van der Waals surface area contributed by atoms with Gasteiger partial charge in [-0.3, -0.25) is 9.79 Å². The molecule has 0 fully saturated rings. The Hall–Kier alpha value is -3.54. The average Bonchev–Trinajstić information content (AvgIpc) is 2.78. The molecule has 0 saturated heterocycles. The van der Waals surface area contributed by atoms with Gasteiger partial charge in [0.1, 0.15) is 39.3 Å². The Balaban J connectivity index is 2.12. The van der Waals surface area contributed by atoms with Crippen molar-refractivity contribution in [2.24, 2.45) is 4.99 Å². The van der Waals surface area contributed by atoms with Crippen LogP contribution in [0.4, 0.5) is 0 Å². The molecule has 11 nitrogen and oxygen atoms in total. The molecular formula is C24H32N6O5. The second-order valence-electron chi connectivity index (χ2n) is 8.96. The third-order valence-electron chi connectivity index (χ3n) is 5.45. The summed E-state index contributed by atoms with van der Waals surface area (Å²) in [7, 11) is 7.45. The number of amides is 1. The fourth-order valence-electron chi connectivity index (χ4n) is 3.62. The molecule has 0 aliphatic heterocycles. The standard InChI is InChI=1S/C24H32N6O5/c1-13-22(33)16(11-25-10-14(31)12-30(4)5)19-21(23(13)34)28-18-15(6-7-17(32)20(18)27-19)24(35)26-8-9-29(2)3/h6-7,11,14,31-34H,8-10,12H2,1-5H3,(H,26,35)/b25-11+. The van der Waals surface area contributed by atoms with Crippen LogP contribution in [0.3, 0.4) is 0 Å². The summed E-state index contributed by atoms with van der Waals surface area (Å²) in [6.07, 6.45) is 0.649. The summed E-state index contributed by atoms with van der Waals surface area (Å²) >= 11 is 0. The molecule has 1 atom stereocenters. The van der Waals surface area contributed by atoms with Crippen LogP contribution in [0.15, 0.2) is 17.1 Å². The number of nitrogens with zero attached hydrogens (tertiary/aromatic N) is 5. The number of aliphatic hydroxyl groups is 1. The molecule has 188 valence electrons. The molecule has 1 aromatic heterocycles. The molecule has 5 N–H and O–H groups in total. The number of aromatic hydroxyl groups is 3. The van der Waals surface area contributed by atoms with Crippen molar-refractivity contribution >= 4 is 34.2 Å². The van der Waals surface area contributed by atoms with Gasteiger partial charge in [-0.05, 0) is 47.2 Å². The Kier molecular flexibility index (Phi) is 8.05. The zero-order valence-electron chi connectivity index (χ0n) is 20.6. The number of benzene rings is 2. The second kappa shape index (κ2) is 10.8. The van der Waals surface area contributed by atoms with E-state index in [1.165, 1.54) is 25.3 Å². The van der Waals surface area contributed by atoms with Crippen molar-refractivity contribution in [3.63, 3.8) is 0 Å². The first-order chi connectivity index (χ1) is 16.5. The molecule has 3 rings (SSSR count). The third kappa shape index (κ3) is 5.76. The van der Waals surface area contributed by atoms with Crippen LogP contribution in [0.5, 0.6) is 17.2 Å². The van der Waals surface area contributed by atoms with Crippen molar-refractivity contribution < 1.29 is 25.2 Å². The molecule has 0 bridgehead atoms. The SMILES string of the molecule is Cc1c(O)c(/C=N/CC(O)CN(C)C)c2nc3c(O)ccc(C(=O)NCCN(C)C)c3nc2c1O. The molecule has 0 spiro atoms. The Morgan fingerprint density at radius 2 is 1.71 bits per heavy atom. The van der Waals surface area contributed by atoms with Crippen molar-refractivity contribution in [3.05, 3.63) is 28.8 Å². The Labute approximate surface area is 203 Å². The van der Waals surface area contributed by atoms with Crippen molar-refractivity contribution in [1.29, 1.82) is 0 Å². The normalized spacial score (nSPS) is 12.9. The molecule has 0 aliphatic carbocycles. The van der Waals surface area contributed by atoms with Crippen molar-refractivity contribution in [1.82, 2.24) is 25.1 Å². The molecule has 0 aliphatic rings. The van der Waals surface area contributed by atoms with Gasteiger partial charge in [-0.15, -0.1) is 0 Å². The Bertz CT molecular complexity index is 1270. The fourth-order valence-corrected chi connectivity index (χ4v) is 3.62. The van der Waals surface area contributed by atoms with Gasteiger partial charge in [-0.25, -0.2) is 9.97 Å². The summed E-state index contributed by atoms with van der Waals surface area (Å²) < 4.78 is 0. The minimum absolute atomic E-state index is 0.0442. The first kappa shape index (κ1) is 26.1. The number of likely N-dealkylation sites (N-methyl/N-ethyl adjacent to an activating group) is 2. The summed E-state index contributed by atoms with van der Waals surface area (Å²) in [6, 6.07) is 2.80. The number of nitrogens with one attached hydrogen (secondary N) is 1. The maximum Gasteiger partial charge on any atom is 0.253 e. The summed E-state index contributed by atoms with van der Waals surface area (Å²) in [5.74, 6) is -1.13. The number of aromatic nitrogens is 2. The fraction of sp³-hybridized carbons (Fsp3) is 0.417. The molecule has 1 heterocycles. The zero-order chi connectivity index (χ0) is 25.9. The van der Waals surface area contributed by atoms with Crippen molar-refractivity contribution in [3.8, 4) is 17.2 Å². The van der Waals surface area contributed by atoms with Gasteiger partial charge in [-0.1, -0.05) is 0 Å². The number of carbonyl (C=O) groups excluding carboxylic acids is 1. The van der Waals surface area contributed by atoms with E-state index in [1.54, 1.807) is 0 Å². The predicted molar refractivity (Wildman–Crippen MR) is 135 cm³/mol. The van der Waals surface area contributed by atoms with E-state index in [9.17, 15) is 25.2 Å². The first-order valence-electron chi connectivity index (χ1n) is 11.1. The van der Waals surface area contributed by atoms with E-state index >= 15 is 0 Å². The van der Waals surface area contributed by atoms with Crippen LogP contribution in [0, 0.1) is 6.92 Å². The summed E-state index contributed by atoms with van der Waals surface area (Å²) in [6.45, 7) is 3.07. The van der Waals surface area contributed by atoms with Crippen LogP contribution in [-0.4, -0.2) is 113 Å². The molecule has 2 aromatic carbocycles. The summed E-state index contributed by atoms with van der Waals surface area (Å²) in [5, 5.41) is 44.8. The van der Waals surface area contributed by atoms with Crippen LogP contribution in [0.2, 0.25) is 0 Å². The van der Waals surface area contributed by atoms with E-state index in [4.69, 9.17) is 0 Å². The average molecular weight is 485 g/mol. The van der Waals surface area contributed by atoms with E-state index in [0.717, 1.165) is 0 Å². The number of phenols is 3. The van der Waals surface area contributed by atoms with E-state index in [0.29, 0.717) is 19.6 Å². The van der Waals surface area contributed by atoms with Gasteiger partial charge < -0.3 is 35.5 Å². The highest BCUT2D eigenvalue weighted by Crippen LogP contribution is 2.38. The van der Waals surface area contributed by atoms with Crippen LogP contribution in [0.25, 0.3) is 22.1 Å². The lowest BCUT2D eigenvalue weighted by Crippen LogP contribution is -2.31. The van der Waals surface area contributed by atoms with Crippen molar-refractivity contribution in [2.75, 3.05) is 54.4 Å². The molecule has 0 radical (unpaired) electrons. The Morgan fingerprint density at radius 3 is 2.37 bits per heavy atom. The monoisotopic (exact) mass is 484 g/mol. The minimum Gasteiger partial charge on any atom is -0.507 e. The number of hydrogen-bond donors (Lipinski definition) is 5. The van der Waals surface area contributed by atoms with Gasteiger partial charge in [0.25, 0.3) is 5.91 Å². The van der Waals surface area contributed by atoms with E-state index in [1.807, 2.05) is 38.0 Å². The quantitative estimate of drug-likeness (QED) is 0.219. The summed E-state index contributed by atoms with van der Waals surface area (Å²) in [5.41, 5.74) is 0.853. The largest absolute Gasteiger partial charge is 0.507 e. The van der Waals surface area contributed by atoms with Crippen LogP contribution >= 0.6 is 0 Å². The maximum atomic E-state index is 12.8. The highest BCUT2D eigenvalue weighted by molar-refractivity contribution is 6.10. The number of aliphatic imine (C=N–C) groups is 1. The Morgan fingerprint density at radius 1 is 1.03 bits per heavy atom. The molecule has 0 saturated carbocycles. The minimum atomic E-state index is -0.711. The summed E-state index contributed by atoms with van der Waals surface area (Å²) in [4.78, 5) is 29.7. The van der Waals surface area contributed by atoms with Gasteiger partial charge in [-0.2, -0.15) is 0 Å². The maximum absolute atomic E-state index is 12.8. The molecule has 11 heteroatoms. The van der Waals surface area contributed by atoms with Crippen LogP contribution in [-0.2, 0) is 0 Å². The van der Waals surface area contributed by atoms with E-state index in [-0.39, 0.29) is 62.6 Å². The number of rotatable bonds is 9. The van der Waals surface area contributed by atoms with Crippen LogP contribution < -0.4 is 5.32 Å². The smallest absolute Gasteiger partial charge is 0.253 e. The van der Waals surface area contributed by atoms with E-state index in [2.05, 4.69) is 20.3 Å². The lowest BCUT2D eigenvalue weighted by Gasteiger charge is -2.15. The molecular weight excluding hydrogens is 452 g/mol. The highest BCUT2D eigenvalue weighted by Gasteiger charge is 2.22. The topological polar surface area (TPSA) is 155 Å². The lowest BCUT2D eigenvalue weighted by molar-refractivity contribution is 0.0952. The highest BCUT2D eigenvalue weighted by atomic mass is 16.3. The number of carbonyl (C=O) groups is 1. The number of hydrogen-bond acceptors (Lipinski definition) is 10. The number of fused-ring (bicyclic) bond motifs is 2. The molecule has 3 aromatic rings. The number of phenolic OH excluding ortho intramolecular Hbond substituents is 3. The second-order valence-corrected chi connectivity index (χ2v) is 8.96. The third-order valence-corrected chi connectivity index (χ3v) is 5.45. The van der Waals surface area contributed by atoms with Gasteiger partial charge >= 0.3 is 0 Å².